The van der Waals surface area contributed by atoms with Crippen molar-refractivity contribution in [1.29, 1.82) is 0 Å². The quantitative estimate of drug-likeness (QED) is 0.208. The van der Waals surface area contributed by atoms with Gasteiger partial charge in [0.25, 0.3) is 5.91 Å². The Balaban J connectivity index is 1.44. The molecule has 3 N–H and O–H groups in total. The third-order valence-electron chi connectivity index (χ3n) is 5.76. The van der Waals surface area contributed by atoms with Gasteiger partial charge in [-0.1, -0.05) is 65.1 Å². The molecule has 0 aromatic heterocycles. The number of carbonyl (C=O) groups is 2. The van der Waals surface area contributed by atoms with E-state index in [1.54, 1.807) is 24.3 Å². The minimum absolute atomic E-state index is 0.130. The van der Waals surface area contributed by atoms with Gasteiger partial charge in [0, 0.05) is 27.7 Å². The second kappa shape index (κ2) is 10.6. The predicted octanol–water partition coefficient (Wildman–Crippen LogP) is 7.17. The van der Waals surface area contributed by atoms with Crippen LogP contribution in [0.3, 0.4) is 0 Å². The van der Waals surface area contributed by atoms with E-state index in [0.29, 0.717) is 21.3 Å². The van der Waals surface area contributed by atoms with E-state index in [9.17, 15) is 9.59 Å². The zero-order chi connectivity index (χ0) is 25.3. The highest BCUT2D eigenvalue weighted by atomic mass is 35.5. The van der Waals surface area contributed by atoms with E-state index in [4.69, 9.17) is 58.0 Å². The summed E-state index contributed by atoms with van der Waals surface area (Å²) >= 11 is 31.3. The van der Waals surface area contributed by atoms with Crippen LogP contribution in [0.4, 0.5) is 5.69 Å². The second-order valence-corrected chi connectivity index (χ2v) is 11.0. The number of benzene rings is 3. The molecule has 10 heteroatoms. The lowest BCUT2D eigenvalue weighted by molar-refractivity contribution is -0.117. The molecular weight excluding hydrogens is 552 g/mol. The summed E-state index contributed by atoms with van der Waals surface area (Å²) in [5, 5.41) is 3.85. The van der Waals surface area contributed by atoms with Gasteiger partial charge < -0.3 is 5.32 Å². The number of alkyl halides is 2. The molecule has 1 fully saturated rings. The number of anilines is 1. The molecule has 1 saturated carbocycles. The van der Waals surface area contributed by atoms with Gasteiger partial charge in [-0.15, -0.1) is 23.2 Å². The molecule has 3 aromatic rings. The summed E-state index contributed by atoms with van der Waals surface area (Å²) in [5.41, 5.74) is 7.84. The molecule has 0 spiro atoms. The normalized spacial score (nSPS) is 19.0. The van der Waals surface area contributed by atoms with Crippen molar-refractivity contribution in [2.45, 2.75) is 23.2 Å². The third kappa shape index (κ3) is 5.88. The maximum Gasteiger partial charge on any atom is 0.266 e. The molecule has 1 unspecified atom stereocenters. The highest BCUT2D eigenvalue weighted by Crippen LogP contribution is 2.65. The predicted molar refractivity (Wildman–Crippen MR) is 143 cm³/mol. The highest BCUT2D eigenvalue weighted by Gasteiger charge is 2.67. The number of nitrogens with one attached hydrogen (secondary N) is 3. The summed E-state index contributed by atoms with van der Waals surface area (Å²) in [6.45, 7) is 1.91. The Hall–Kier alpha value is -1.99. The Morgan fingerprint density at radius 1 is 0.914 bits per heavy atom. The summed E-state index contributed by atoms with van der Waals surface area (Å²) in [6.07, 6.45) is 0. The summed E-state index contributed by atoms with van der Waals surface area (Å²) in [6, 6.07) is 19.1. The molecule has 0 radical (unpaired) electrons. The largest absolute Gasteiger partial charge is 0.326 e. The second-order valence-electron chi connectivity index (χ2n) is 8.25. The van der Waals surface area contributed by atoms with Gasteiger partial charge in [0.1, 0.15) is 4.33 Å². The molecule has 0 heterocycles. The van der Waals surface area contributed by atoms with Crippen molar-refractivity contribution in [3.8, 4) is 0 Å². The van der Waals surface area contributed by atoms with Crippen LogP contribution in [0.2, 0.25) is 15.1 Å². The summed E-state index contributed by atoms with van der Waals surface area (Å²) in [4.78, 5) is 25.7. The fourth-order valence-corrected chi connectivity index (χ4v) is 5.46. The van der Waals surface area contributed by atoms with Gasteiger partial charge in [-0.05, 0) is 54.4 Å². The van der Waals surface area contributed by atoms with Crippen LogP contribution in [0.5, 0.6) is 0 Å². The fraction of sp³-hybridized carbons (Fsp3) is 0.200. The number of rotatable bonds is 7. The minimum atomic E-state index is -1.32. The molecule has 3 aromatic carbocycles. The lowest BCUT2D eigenvalue weighted by atomic mass is 10.1. The van der Waals surface area contributed by atoms with Gasteiger partial charge in [-0.2, -0.15) is 0 Å². The summed E-state index contributed by atoms with van der Waals surface area (Å²) in [7, 11) is 0. The summed E-state index contributed by atoms with van der Waals surface area (Å²) in [5.74, 6) is -2.07. The van der Waals surface area contributed by atoms with Crippen LogP contribution in [0.15, 0.2) is 66.7 Å². The number of hydrazine groups is 1. The SMILES string of the molecule is CC(NNC(=O)c1cc(NC(=O)[C@H]2[C@H](c3cc(Cl)cc(Cl)c3)C2(Cl)Cl)ccc1Cl)c1ccccc1. The van der Waals surface area contributed by atoms with Crippen LogP contribution in [-0.4, -0.2) is 16.1 Å². The zero-order valence-electron chi connectivity index (χ0n) is 18.3. The van der Waals surface area contributed by atoms with Crippen molar-refractivity contribution in [2.24, 2.45) is 5.92 Å². The molecule has 3 atom stereocenters. The minimum Gasteiger partial charge on any atom is -0.326 e. The van der Waals surface area contributed by atoms with Crippen molar-refractivity contribution in [3.05, 3.63) is 98.5 Å². The Bertz CT molecular complexity index is 1250. The van der Waals surface area contributed by atoms with Gasteiger partial charge in [-0.3, -0.25) is 15.0 Å². The van der Waals surface area contributed by atoms with Crippen molar-refractivity contribution < 1.29 is 9.59 Å². The molecule has 4 rings (SSSR count). The lowest BCUT2D eigenvalue weighted by Gasteiger charge is -2.16. The molecular formula is C25H20Cl5N3O2. The van der Waals surface area contributed by atoms with E-state index in [0.717, 1.165) is 5.56 Å². The van der Waals surface area contributed by atoms with Crippen LogP contribution in [0.1, 0.15) is 40.4 Å². The van der Waals surface area contributed by atoms with Crippen LogP contribution < -0.4 is 16.2 Å². The number of amides is 2. The Kier molecular flexibility index (Phi) is 7.86. The topological polar surface area (TPSA) is 70.2 Å². The van der Waals surface area contributed by atoms with Gasteiger partial charge in [0.15, 0.2) is 0 Å². The number of hydrogen-bond acceptors (Lipinski definition) is 3. The van der Waals surface area contributed by atoms with Crippen LogP contribution >= 0.6 is 58.0 Å². The lowest BCUT2D eigenvalue weighted by Crippen LogP contribution is -2.39. The van der Waals surface area contributed by atoms with E-state index in [1.165, 1.54) is 12.1 Å². The Morgan fingerprint density at radius 2 is 1.57 bits per heavy atom. The van der Waals surface area contributed by atoms with E-state index < -0.39 is 28.0 Å². The van der Waals surface area contributed by atoms with Gasteiger partial charge in [0.2, 0.25) is 5.91 Å². The van der Waals surface area contributed by atoms with E-state index >= 15 is 0 Å². The standard InChI is InChI=1S/C25H20Cl5N3O2/c1-13(14-5-3-2-4-6-14)32-33-23(34)19-12-18(7-8-20(19)28)31-24(35)22-21(25(22,29)30)15-9-16(26)11-17(27)10-15/h2-13,21-22,32H,1H3,(H,31,35)(H,33,34)/t13?,21-,22+/m0/s1. The number of halogens is 5. The van der Waals surface area contributed by atoms with E-state index in [2.05, 4.69) is 16.2 Å². The summed E-state index contributed by atoms with van der Waals surface area (Å²) < 4.78 is -1.32. The van der Waals surface area contributed by atoms with Gasteiger partial charge in [0.05, 0.1) is 16.5 Å². The maximum absolute atomic E-state index is 13.0. The monoisotopic (exact) mass is 569 g/mol. The molecule has 0 aliphatic heterocycles. The molecule has 1 aliphatic carbocycles. The van der Waals surface area contributed by atoms with Crippen molar-refractivity contribution in [3.63, 3.8) is 0 Å². The van der Waals surface area contributed by atoms with E-state index in [1.807, 2.05) is 37.3 Å². The third-order valence-corrected chi connectivity index (χ3v) is 7.47. The van der Waals surface area contributed by atoms with E-state index in [-0.39, 0.29) is 16.6 Å². The average Bonchev–Trinajstić information content (AvgIpc) is 3.40. The van der Waals surface area contributed by atoms with Crippen molar-refractivity contribution >= 4 is 75.5 Å². The smallest absolute Gasteiger partial charge is 0.266 e. The number of carbonyl (C=O) groups excluding carboxylic acids is 2. The number of hydrogen-bond donors (Lipinski definition) is 3. The van der Waals surface area contributed by atoms with Crippen LogP contribution in [0.25, 0.3) is 0 Å². The maximum atomic E-state index is 13.0. The molecule has 5 nitrogen and oxygen atoms in total. The van der Waals surface area contributed by atoms with Gasteiger partial charge in [-0.25, -0.2) is 5.43 Å². The molecule has 0 bridgehead atoms. The van der Waals surface area contributed by atoms with Gasteiger partial charge >= 0.3 is 0 Å². The Labute approximate surface area is 228 Å². The fourth-order valence-electron chi connectivity index (χ4n) is 3.89. The van der Waals surface area contributed by atoms with Crippen LogP contribution in [0, 0.1) is 5.92 Å². The average molecular weight is 572 g/mol. The molecule has 35 heavy (non-hydrogen) atoms. The van der Waals surface area contributed by atoms with Crippen molar-refractivity contribution in [2.75, 3.05) is 5.32 Å². The first-order chi connectivity index (χ1) is 16.6. The molecule has 182 valence electrons. The van der Waals surface area contributed by atoms with Crippen LogP contribution in [-0.2, 0) is 4.79 Å². The Morgan fingerprint density at radius 3 is 2.23 bits per heavy atom. The van der Waals surface area contributed by atoms with Crippen molar-refractivity contribution in [1.82, 2.24) is 10.9 Å². The molecule has 1 aliphatic rings. The first-order valence-electron chi connectivity index (χ1n) is 10.6. The first kappa shape index (κ1) is 26.1. The zero-order valence-corrected chi connectivity index (χ0v) is 22.1. The molecule has 2 amide bonds. The first-order valence-corrected chi connectivity index (χ1v) is 12.5. The molecule has 0 saturated heterocycles. The highest BCUT2D eigenvalue weighted by molar-refractivity contribution is 6.53.